The molecule has 12 heteroatoms. The molecule has 4 rings (SSSR count). The smallest absolute Gasteiger partial charge is 0.271 e. The molecule has 174 valence electrons. The quantitative estimate of drug-likeness (QED) is 0.176. The Labute approximate surface area is 197 Å². The second kappa shape index (κ2) is 9.35. The predicted molar refractivity (Wildman–Crippen MR) is 129 cm³/mol. The average Bonchev–Trinajstić information content (AvgIpc) is 3.25. The number of carbonyl (C=O) groups excluding carboxylic acids is 1. The van der Waals surface area contributed by atoms with Gasteiger partial charge in [-0.1, -0.05) is 30.0 Å². The SMILES string of the molecule is C=CCn1c(=O)c2ccccc2n2c(S[C@H](C)C(=O)Nc3cc([N+](=O)[O-])ccc3OC)nnc12. The summed E-state index contributed by atoms with van der Waals surface area (Å²) in [6.07, 6.45) is 1.60. The number of para-hydroxylation sites is 1. The number of anilines is 1. The number of allylic oxidation sites excluding steroid dienone is 1. The van der Waals surface area contributed by atoms with Crippen LogP contribution in [0.2, 0.25) is 0 Å². The number of nitrogens with zero attached hydrogens (tertiary/aromatic N) is 5. The van der Waals surface area contributed by atoms with Crippen LogP contribution in [0.3, 0.4) is 0 Å². The Hall–Kier alpha value is -4.19. The standard InChI is InChI=1S/C22H20N6O5S/c1-4-11-26-20(30)15-7-5-6-8-17(15)27-21(26)24-25-22(27)34-13(2)19(29)23-16-12-14(28(31)32)9-10-18(16)33-3/h4-10,12-13H,1,11H2,2-3H3,(H,23,29)/t13-/m1/s1. The second-order valence-corrected chi connectivity index (χ2v) is 8.54. The van der Waals surface area contributed by atoms with Crippen LogP contribution in [0.1, 0.15) is 6.92 Å². The Balaban J connectivity index is 1.69. The lowest BCUT2D eigenvalue weighted by Gasteiger charge is -2.14. The molecule has 0 saturated heterocycles. The van der Waals surface area contributed by atoms with E-state index in [9.17, 15) is 19.7 Å². The molecule has 2 heterocycles. The van der Waals surface area contributed by atoms with Crippen molar-refractivity contribution in [2.75, 3.05) is 12.4 Å². The number of fused-ring (bicyclic) bond motifs is 3. The number of aromatic nitrogens is 4. The molecule has 0 aliphatic rings. The van der Waals surface area contributed by atoms with Gasteiger partial charge in [0, 0.05) is 18.7 Å². The molecule has 1 N–H and O–H groups in total. The average molecular weight is 481 g/mol. The molecule has 2 aromatic carbocycles. The van der Waals surface area contributed by atoms with Crippen molar-refractivity contribution in [2.24, 2.45) is 0 Å². The van der Waals surface area contributed by atoms with Gasteiger partial charge in [-0.2, -0.15) is 0 Å². The highest BCUT2D eigenvalue weighted by Crippen LogP contribution is 2.31. The van der Waals surface area contributed by atoms with E-state index in [2.05, 4.69) is 22.1 Å². The van der Waals surface area contributed by atoms with Gasteiger partial charge in [0.2, 0.25) is 11.7 Å². The number of thioether (sulfide) groups is 1. The number of methoxy groups -OCH3 is 1. The summed E-state index contributed by atoms with van der Waals surface area (Å²) in [5, 5.41) is 22.4. The van der Waals surface area contributed by atoms with Gasteiger partial charge in [-0.25, -0.2) is 0 Å². The number of benzene rings is 2. The van der Waals surface area contributed by atoms with Crippen molar-refractivity contribution in [1.82, 2.24) is 19.2 Å². The Kier molecular flexibility index (Phi) is 6.32. The van der Waals surface area contributed by atoms with E-state index in [1.165, 1.54) is 29.9 Å². The van der Waals surface area contributed by atoms with E-state index in [1.807, 2.05) is 0 Å². The normalized spacial score (nSPS) is 11.9. The van der Waals surface area contributed by atoms with Crippen LogP contribution in [0.5, 0.6) is 5.75 Å². The highest BCUT2D eigenvalue weighted by atomic mass is 32.2. The van der Waals surface area contributed by atoms with E-state index < -0.39 is 16.1 Å². The molecule has 0 bridgehead atoms. The molecular weight excluding hydrogens is 460 g/mol. The summed E-state index contributed by atoms with van der Waals surface area (Å²) in [6, 6.07) is 11.0. The third-order valence-corrected chi connectivity index (χ3v) is 6.14. The van der Waals surface area contributed by atoms with Gasteiger partial charge < -0.3 is 10.1 Å². The van der Waals surface area contributed by atoms with Gasteiger partial charge in [0.25, 0.3) is 11.2 Å². The minimum Gasteiger partial charge on any atom is -0.495 e. The Morgan fingerprint density at radius 1 is 1.32 bits per heavy atom. The van der Waals surface area contributed by atoms with Crippen LogP contribution in [-0.2, 0) is 11.3 Å². The lowest BCUT2D eigenvalue weighted by Crippen LogP contribution is -2.24. The molecule has 34 heavy (non-hydrogen) atoms. The van der Waals surface area contributed by atoms with Crippen LogP contribution >= 0.6 is 11.8 Å². The van der Waals surface area contributed by atoms with Crippen LogP contribution in [0.4, 0.5) is 11.4 Å². The first-order valence-electron chi connectivity index (χ1n) is 10.1. The Morgan fingerprint density at radius 2 is 2.09 bits per heavy atom. The summed E-state index contributed by atoms with van der Waals surface area (Å²) in [7, 11) is 1.41. The number of non-ortho nitro benzene ring substituents is 1. The highest BCUT2D eigenvalue weighted by molar-refractivity contribution is 8.00. The number of nitrogens with one attached hydrogen (secondary N) is 1. The van der Waals surface area contributed by atoms with Crippen LogP contribution in [-0.4, -0.2) is 42.4 Å². The van der Waals surface area contributed by atoms with Crippen LogP contribution < -0.4 is 15.6 Å². The maximum atomic E-state index is 12.9. The van der Waals surface area contributed by atoms with Gasteiger partial charge in [-0.05, 0) is 25.1 Å². The number of amides is 1. The highest BCUT2D eigenvalue weighted by Gasteiger charge is 2.23. The van der Waals surface area contributed by atoms with E-state index in [-0.39, 0.29) is 23.5 Å². The van der Waals surface area contributed by atoms with Crippen LogP contribution in [0.25, 0.3) is 16.7 Å². The van der Waals surface area contributed by atoms with Crippen molar-refractivity contribution in [3.63, 3.8) is 0 Å². The summed E-state index contributed by atoms with van der Waals surface area (Å²) < 4.78 is 8.40. The van der Waals surface area contributed by atoms with Crippen LogP contribution in [0.15, 0.2) is 65.1 Å². The van der Waals surface area contributed by atoms with Gasteiger partial charge in [0.15, 0.2) is 5.16 Å². The first-order valence-corrected chi connectivity index (χ1v) is 11.0. The molecule has 2 aromatic heterocycles. The number of hydrogen-bond acceptors (Lipinski definition) is 8. The first-order chi connectivity index (χ1) is 16.3. The number of nitro groups is 1. The van der Waals surface area contributed by atoms with E-state index >= 15 is 0 Å². The predicted octanol–water partition coefficient (Wildman–Crippen LogP) is 3.27. The molecule has 0 saturated carbocycles. The van der Waals surface area contributed by atoms with E-state index in [1.54, 1.807) is 41.7 Å². The summed E-state index contributed by atoms with van der Waals surface area (Å²) in [5.74, 6) is 0.215. The lowest BCUT2D eigenvalue weighted by molar-refractivity contribution is -0.384. The van der Waals surface area contributed by atoms with E-state index in [0.29, 0.717) is 27.6 Å². The number of hydrogen-bond donors (Lipinski definition) is 1. The van der Waals surface area contributed by atoms with E-state index in [0.717, 1.165) is 11.8 Å². The van der Waals surface area contributed by atoms with Gasteiger partial charge in [-0.3, -0.25) is 28.7 Å². The monoisotopic (exact) mass is 480 g/mol. The molecule has 4 aromatic rings. The zero-order valence-corrected chi connectivity index (χ0v) is 19.1. The molecule has 11 nitrogen and oxygen atoms in total. The summed E-state index contributed by atoms with van der Waals surface area (Å²) in [5.41, 5.74) is 0.413. The third-order valence-electron chi connectivity index (χ3n) is 5.09. The number of rotatable bonds is 8. The molecule has 1 amide bonds. The zero-order chi connectivity index (χ0) is 24.4. The largest absolute Gasteiger partial charge is 0.495 e. The van der Waals surface area contributed by atoms with Gasteiger partial charge in [0.1, 0.15) is 5.75 Å². The van der Waals surface area contributed by atoms with Gasteiger partial charge in [0.05, 0.1) is 33.9 Å². The number of nitro benzene ring substituents is 1. The first kappa shape index (κ1) is 23.0. The second-order valence-electron chi connectivity index (χ2n) is 7.23. The molecule has 0 spiro atoms. The van der Waals surface area contributed by atoms with Crippen molar-refractivity contribution >= 4 is 45.7 Å². The molecule has 0 unspecified atom stereocenters. The van der Waals surface area contributed by atoms with Crippen molar-refractivity contribution in [1.29, 1.82) is 0 Å². The molecule has 0 fully saturated rings. The Morgan fingerprint density at radius 3 is 2.79 bits per heavy atom. The van der Waals surface area contributed by atoms with Crippen LogP contribution in [0, 0.1) is 10.1 Å². The Bertz CT molecular complexity index is 1490. The van der Waals surface area contributed by atoms with Crippen molar-refractivity contribution in [3.05, 3.63) is 75.6 Å². The fourth-order valence-corrected chi connectivity index (χ4v) is 4.31. The number of ether oxygens (including phenoxy) is 1. The molecular formula is C22H20N6O5S. The summed E-state index contributed by atoms with van der Waals surface area (Å²) in [4.78, 5) is 36.4. The molecule has 1 atom stereocenters. The minimum atomic E-state index is -0.657. The summed E-state index contributed by atoms with van der Waals surface area (Å²) >= 11 is 1.14. The minimum absolute atomic E-state index is 0.175. The summed E-state index contributed by atoms with van der Waals surface area (Å²) in [6.45, 7) is 5.63. The van der Waals surface area contributed by atoms with Crippen molar-refractivity contribution < 1.29 is 14.5 Å². The van der Waals surface area contributed by atoms with Gasteiger partial charge >= 0.3 is 0 Å². The fraction of sp³-hybridized carbons (Fsp3) is 0.182. The maximum Gasteiger partial charge on any atom is 0.271 e. The molecule has 0 aliphatic carbocycles. The third kappa shape index (κ3) is 4.10. The van der Waals surface area contributed by atoms with Gasteiger partial charge in [-0.15, -0.1) is 16.8 Å². The van der Waals surface area contributed by atoms with E-state index in [4.69, 9.17) is 4.74 Å². The van der Waals surface area contributed by atoms with Crippen molar-refractivity contribution in [3.8, 4) is 5.75 Å². The number of carbonyl (C=O) groups is 1. The lowest BCUT2D eigenvalue weighted by atomic mass is 10.2. The van der Waals surface area contributed by atoms with Crippen molar-refractivity contribution in [2.45, 2.75) is 23.9 Å². The molecule has 0 radical (unpaired) electrons. The topological polar surface area (TPSA) is 134 Å². The fourth-order valence-electron chi connectivity index (χ4n) is 3.46. The molecule has 0 aliphatic heterocycles. The maximum absolute atomic E-state index is 12.9. The zero-order valence-electron chi connectivity index (χ0n) is 18.3.